The minimum atomic E-state index is -4.64. The van der Waals surface area contributed by atoms with Gasteiger partial charge in [-0.05, 0) is 42.7 Å². The van der Waals surface area contributed by atoms with Crippen molar-refractivity contribution in [2.75, 3.05) is 18.0 Å². The molecule has 0 spiro atoms. The minimum absolute atomic E-state index is 0.0240. The molecule has 3 heterocycles. The highest BCUT2D eigenvalue weighted by molar-refractivity contribution is 5.50. The normalized spacial score (nSPS) is 16.8. The SMILES string of the molecule is OCc1noc(-c2ccc(N3CCC(c4ccc(C(F)(F)F)cc4)(C(F)(F)F)CC3)nn2)n1. The summed E-state index contributed by atoms with van der Waals surface area (Å²) in [7, 11) is 0. The number of aromatic nitrogens is 4. The molecule has 0 aliphatic carbocycles. The Balaban J connectivity index is 1.52. The lowest BCUT2D eigenvalue weighted by molar-refractivity contribution is -0.196. The van der Waals surface area contributed by atoms with Crippen LogP contribution in [0.3, 0.4) is 0 Å². The van der Waals surface area contributed by atoms with Crippen molar-refractivity contribution in [3.8, 4) is 11.6 Å². The van der Waals surface area contributed by atoms with Gasteiger partial charge in [0.05, 0.1) is 11.0 Å². The van der Waals surface area contributed by atoms with E-state index in [-0.39, 0.29) is 48.9 Å². The van der Waals surface area contributed by atoms with Gasteiger partial charge < -0.3 is 14.5 Å². The third-order valence-corrected chi connectivity index (χ3v) is 5.73. The first-order chi connectivity index (χ1) is 15.5. The summed E-state index contributed by atoms with van der Waals surface area (Å²) in [4.78, 5) is 5.53. The van der Waals surface area contributed by atoms with Crippen LogP contribution in [0, 0.1) is 0 Å². The molecule has 1 aromatic carbocycles. The summed E-state index contributed by atoms with van der Waals surface area (Å²) in [6.07, 6.45) is -9.97. The molecule has 0 atom stereocenters. The quantitative estimate of drug-likeness (QED) is 0.570. The second kappa shape index (κ2) is 8.28. The second-order valence-electron chi connectivity index (χ2n) is 7.59. The van der Waals surface area contributed by atoms with Crippen molar-refractivity contribution in [3.63, 3.8) is 0 Å². The number of benzene rings is 1. The van der Waals surface area contributed by atoms with Crippen molar-refractivity contribution >= 4 is 5.82 Å². The van der Waals surface area contributed by atoms with E-state index >= 15 is 0 Å². The van der Waals surface area contributed by atoms with Crippen molar-refractivity contribution in [1.29, 1.82) is 0 Å². The van der Waals surface area contributed by atoms with Gasteiger partial charge in [0.15, 0.2) is 17.3 Å². The van der Waals surface area contributed by atoms with Gasteiger partial charge in [0.25, 0.3) is 5.89 Å². The van der Waals surface area contributed by atoms with E-state index < -0.39 is 29.9 Å². The fraction of sp³-hybridized carbons (Fsp3) is 0.400. The van der Waals surface area contributed by atoms with Crippen LogP contribution in [0.5, 0.6) is 0 Å². The van der Waals surface area contributed by atoms with Crippen LogP contribution >= 0.6 is 0 Å². The molecule has 176 valence electrons. The van der Waals surface area contributed by atoms with Gasteiger partial charge in [-0.2, -0.15) is 31.3 Å². The molecule has 2 aromatic heterocycles. The zero-order valence-corrected chi connectivity index (χ0v) is 16.9. The second-order valence-corrected chi connectivity index (χ2v) is 7.59. The van der Waals surface area contributed by atoms with Crippen molar-refractivity contribution in [2.24, 2.45) is 0 Å². The van der Waals surface area contributed by atoms with Crippen LogP contribution in [0.25, 0.3) is 11.6 Å². The Morgan fingerprint density at radius 2 is 1.61 bits per heavy atom. The number of hydrogen-bond donors (Lipinski definition) is 1. The molecular formula is C20H17F6N5O2. The lowest BCUT2D eigenvalue weighted by atomic mass is 9.72. The Bertz CT molecular complexity index is 1090. The Morgan fingerprint density at radius 3 is 2.09 bits per heavy atom. The molecule has 1 fully saturated rings. The molecule has 0 radical (unpaired) electrons. The van der Waals surface area contributed by atoms with Crippen LogP contribution < -0.4 is 4.90 Å². The monoisotopic (exact) mass is 473 g/mol. The number of hydrogen-bond acceptors (Lipinski definition) is 7. The largest absolute Gasteiger partial charge is 0.416 e. The topological polar surface area (TPSA) is 88.2 Å². The molecule has 1 aliphatic rings. The van der Waals surface area contributed by atoms with Crippen LogP contribution in [0.4, 0.5) is 32.2 Å². The van der Waals surface area contributed by atoms with E-state index in [2.05, 4.69) is 20.3 Å². The van der Waals surface area contributed by atoms with Crippen molar-refractivity contribution in [1.82, 2.24) is 20.3 Å². The highest BCUT2D eigenvalue weighted by Crippen LogP contribution is 2.49. The smallest absolute Gasteiger partial charge is 0.388 e. The van der Waals surface area contributed by atoms with E-state index in [1.807, 2.05) is 0 Å². The number of rotatable bonds is 4. The van der Waals surface area contributed by atoms with Gasteiger partial charge in [-0.3, -0.25) is 0 Å². The number of piperidine rings is 1. The van der Waals surface area contributed by atoms with Gasteiger partial charge in [0, 0.05) is 13.1 Å². The van der Waals surface area contributed by atoms with Crippen LogP contribution in [0.2, 0.25) is 0 Å². The molecule has 4 rings (SSSR count). The van der Waals surface area contributed by atoms with Gasteiger partial charge in [0.1, 0.15) is 6.61 Å². The molecule has 0 amide bonds. The molecule has 1 N–H and O–H groups in total. The van der Waals surface area contributed by atoms with E-state index in [0.29, 0.717) is 18.0 Å². The first-order valence-electron chi connectivity index (χ1n) is 9.80. The Hall–Kier alpha value is -3.22. The highest BCUT2D eigenvalue weighted by atomic mass is 19.4. The average molecular weight is 473 g/mol. The number of halogens is 6. The minimum Gasteiger partial charge on any atom is -0.388 e. The zero-order valence-electron chi connectivity index (χ0n) is 16.9. The number of aliphatic hydroxyl groups excluding tert-OH is 1. The van der Waals surface area contributed by atoms with E-state index in [0.717, 1.165) is 12.1 Å². The molecule has 13 heteroatoms. The molecule has 0 bridgehead atoms. The van der Waals surface area contributed by atoms with Crippen molar-refractivity contribution in [2.45, 2.75) is 37.2 Å². The van der Waals surface area contributed by atoms with E-state index in [9.17, 15) is 26.3 Å². The van der Waals surface area contributed by atoms with Gasteiger partial charge in [0.2, 0.25) is 0 Å². The molecule has 7 nitrogen and oxygen atoms in total. The molecule has 0 unspecified atom stereocenters. The third-order valence-electron chi connectivity index (χ3n) is 5.73. The van der Waals surface area contributed by atoms with Crippen LogP contribution in [-0.4, -0.2) is 44.7 Å². The molecule has 3 aromatic rings. The third kappa shape index (κ3) is 4.36. The van der Waals surface area contributed by atoms with Gasteiger partial charge in [-0.25, -0.2) is 0 Å². The average Bonchev–Trinajstić information content (AvgIpc) is 3.27. The van der Waals surface area contributed by atoms with E-state index in [1.165, 1.54) is 6.07 Å². The summed E-state index contributed by atoms with van der Waals surface area (Å²) in [6.45, 7) is -0.462. The first-order valence-corrected chi connectivity index (χ1v) is 9.80. The first kappa shape index (κ1) is 23.0. The van der Waals surface area contributed by atoms with Gasteiger partial charge >= 0.3 is 12.4 Å². The molecule has 1 aliphatic heterocycles. The van der Waals surface area contributed by atoms with Crippen LogP contribution in [-0.2, 0) is 18.2 Å². The Labute approximate surface area is 183 Å². The van der Waals surface area contributed by atoms with Gasteiger partial charge in [-0.15, -0.1) is 10.2 Å². The summed E-state index contributed by atoms with van der Waals surface area (Å²) < 4.78 is 85.7. The Morgan fingerprint density at radius 1 is 0.939 bits per heavy atom. The maximum Gasteiger partial charge on any atom is 0.416 e. The lowest BCUT2D eigenvalue weighted by Crippen LogP contribution is -2.51. The number of anilines is 1. The van der Waals surface area contributed by atoms with Crippen molar-refractivity contribution < 1.29 is 36.0 Å². The lowest BCUT2D eigenvalue weighted by Gasteiger charge is -2.43. The molecule has 33 heavy (non-hydrogen) atoms. The summed E-state index contributed by atoms with van der Waals surface area (Å²) >= 11 is 0. The van der Waals surface area contributed by atoms with Crippen molar-refractivity contribution in [3.05, 3.63) is 53.3 Å². The standard InChI is InChI=1S/C20H17F6N5O2/c21-19(22,23)13-3-1-12(2-4-13)18(20(24,25)26)7-9-31(10-8-18)16-6-5-14(28-29-16)17-27-15(11-32)30-33-17/h1-6,32H,7-11H2. The Kier molecular flexibility index (Phi) is 5.76. The number of nitrogens with zero attached hydrogens (tertiary/aromatic N) is 5. The fourth-order valence-corrected chi connectivity index (χ4v) is 3.86. The summed E-state index contributed by atoms with van der Waals surface area (Å²) in [5.74, 6) is 0.442. The van der Waals surface area contributed by atoms with Crippen LogP contribution in [0.15, 0.2) is 40.9 Å². The van der Waals surface area contributed by atoms with E-state index in [1.54, 1.807) is 11.0 Å². The molecule has 0 saturated carbocycles. The maximum absolute atomic E-state index is 14.1. The molecular weight excluding hydrogens is 456 g/mol. The van der Waals surface area contributed by atoms with Gasteiger partial charge in [-0.1, -0.05) is 17.3 Å². The number of alkyl halides is 6. The predicted octanol–water partition coefficient (Wildman–Crippen LogP) is 4.14. The predicted molar refractivity (Wildman–Crippen MR) is 102 cm³/mol. The van der Waals surface area contributed by atoms with E-state index in [4.69, 9.17) is 9.63 Å². The summed E-state index contributed by atoms with van der Waals surface area (Å²) in [5, 5.41) is 20.5. The highest BCUT2D eigenvalue weighted by Gasteiger charge is 2.56. The van der Waals surface area contributed by atoms with Crippen LogP contribution in [0.1, 0.15) is 29.8 Å². The maximum atomic E-state index is 14.1. The number of aliphatic hydroxyl groups is 1. The zero-order chi connectivity index (χ0) is 23.9. The summed E-state index contributed by atoms with van der Waals surface area (Å²) in [6, 6.07) is 6.23. The summed E-state index contributed by atoms with van der Waals surface area (Å²) in [5.41, 5.74) is -3.22. The molecule has 1 saturated heterocycles. The fourth-order valence-electron chi connectivity index (χ4n) is 3.86.